The molecule has 0 radical (unpaired) electrons. The molecule has 0 bridgehead atoms. The lowest BCUT2D eigenvalue weighted by atomic mass is 10.1. The number of carbonyl (C=O) groups is 1. The van der Waals surface area contributed by atoms with Crippen LogP contribution in [0.3, 0.4) is 0 Å². The van der Waals surface area contributed by atoms with Crippen LogP contribution in [0.5, 0.6) is 17.2 Å². The molecule has 2 aromatic rings. The summed E-state index contributed by atoms with van der Waals surface area (Å²) in [5.41, 5.74) is 0.714. The van der Waals surface area contributed by atoms with Gasteiger partial charge in [-0.05, 0) is 11.6 Å². The molecule has 0 fully saturated rings. The summed E-state index contributed by atoms with van der Waals surface area (Å²) in [7, 11) is 1.41. The molecular weight excluding hydrogens is 256 g/mol. The predicted octanol–water partition coefficient (Wildman–Crippen LogP) is 3.00. The van der Waals surface area contributed by atoms with Crippen molar-refractivity contribution >= 4 is 11.9 Å². The van der Waals surface area contributed by atoms with Crippen LogP contribution in [0.1, 0.15) is 15.9 Å². The minimum Gasteiger partial charge on any atom is -0.507 e. The molecule has 20 heavy (non-hydrogen) atoms. The van der Waals surface area contributed by atoms with Gasteiger partial charge in [0.25, 0.3) is 0 Å². The number of ketones is 1. The molecular formula is C16H14O4. The molecule has 0 saturated heterocycles. The minimum atomic E-state index is -0.480. The average molecular weight is 270 g/mol. The number of benzene rings is 2. The quantitative estimate of drug-likeness (QED) is 0.662. The summed E-state index contributed by atoms with van der Waals surface area (Å²) in [6.07, 6.45) is 2.92. The highest BCUT2D eigenvalue weighted by Crippen LogP contribution is 2.33. The highest BCUT2D eigenvalue weighted by molar-refractivity contribution is 6.10. The fourth-order valence-corrected chi connectivity index (χ4v) is 1.78. The maximum Gasteiger partial charge on any atom is 0.193 e. The van der Waals surface area contributed by atoms with E-state index in [0.29, 0.717) is 0 Å². The first kappa shape index (κ1) is 13.7. The zero-order valence-corrected chi connectivity index (χ0v) is 10.9. The third-order valence-corrected chi connectivity index (χ3v) is 2.78. The molecule has 2 N–H and O–H groups in total. The molecule has 0 unspecified atom stereocenters. The number of aromatic hydroxyl groups is 2. The Morgan fingerprint density at radius 3 is 2.25 bits per heavy atom. The maximum atomic E-state index is 12.0. The second kappa shape index (κ2) is 5.93. The molecule has 4 nitrogen and oxygen atoms in total. The average Bonchev–Trinajstić information content (AvgIpc) is 2.45. The molecule has 2 rings (SSSR count). The lowest BCUT2D eigenvalue weighted by molar-refractivity contribution is 0.104. The zero-order chi connectivity index (χ0) is 14.5. The van der Waals surface area contributed by atoms with E-state index in [4.69, 9.17) is 4.74 Å². The summed E-state index contributed by atoms with van der Waals surface area (Å²) in [6, 6.07) is 11.8. The van der Waals surface area contributed by atoms with E-state index >= 15 is 0 Å². The van der Waals surface area contributed by atoms with Crippen LogP contribution >= 0.6 is 0 Å². The second-order valence-corrected chi connectivity index (χ2v) is 4.15. The molecule has 0 aliphatic heterocycles. The predicted molar refractivity (Wildman–Crippen MR) is 76.1 cm³/mol. The molecule has 102 valence electrons. The monoisotopic (exact) mass is 270 g/mol. The number of methoxy groups -OCH3 is 1. The lowest BCUT2D eigenvalue weighted by Gasteiger charge is -2.07. The van der Waals surface area contributed by atoms with Gasteiger partial charge in [0.2, 0.25) is 0 Å². The van der Waals surface area contributed by atoms with E-state index < -0.39 is 5.78 Å². The molecule has 0 saturated carbocycles. The van der Waals surface area contributed by atoms with Gasteiger partial charge in [-0.3, -0.25) is 4.79 Å². The number of phenols is 2. The normalized spacial score (nSPS) is 10.7. The van der Waals surface area contributed by atoms with Gasteiger partial charge in [0.15, 0.2) is 5.78 Å². The number of ether oxygens (including phenoxy) is 1. The van der Waals surface area contributed by atoms with Gasteiger partial charge >= 0.3 is 0 Å². The summed E-state index contributed by atoms with van der Waals surface area (Å²) >= 11 is 0. The topological polar surface area (TPSA) is 66.8 Å². The molecule has 0 atom stereocenters. The van der Waals surface area contributed by atoms with Gasteiger partial charge in [-0.15, -0.1) is 0 Å². The second-order valence-electron chi connectivity index (χ2n) is 4.15. The fourth-order valence-electron chi connectivity index (χ4n) is 1.78. The summed E-state index contributed by atoms with van der Waals surface area (Å²) in [4.78, 5) is 12.0. The number of allylic oxidation sites excluding steroid dienone is 1. The first-order chi connectivity index (χ1) is 9.61. The first-order valence-corrected chi connectivity index (χ1v) is 5.99. The van der Waals surface area contributed by atoms with Crippen LogP contribution in [-0.4, -0.2) is 23.1 Å². The van der Waals surface area contributed by atoms with E-state index in [0.717, 1.165) is 5.56 Å². The van der Waals surface area contributed by atoms with Crippen LogP contribution < -0.4 is 4.74 Å². The van der Waals surface area contributed by atoms with Gasteiger partial charge in [0, 0.05) is 12.1 Å². The largest absolute Gasteiger partial charge is 0.507 e. The van der Waals surface area contributed by atoms with E-state index in [1.807, 2.05) is 30.3 Å². The number of rotatable bonds is 4. The van der Waals surface area contributed by atoms with Gasteiger partial charge in [-0.1, -0.05) is 36.4 Å². The van der Waals surface area contributed by atoms with Crippen LogP contribution in [0, 0.1) is 0 Å². The molecule has 0 spiro atoms. The van der Waals surface area contributed by atoms with Gasteiger partial charge in [-0.25, -0.2) is 0 Å². The number of phenolic OH excluding ortho intramolecular Hbond substituents is 2. The third-order valence-electron chi connectivity index (χ3n) is 2.78. The molecule has 0 heterocycles. The first-order valence-electron chi connectivity index (χ1n) is 5.99. The van der Waals surface area contributed by atoms with E-state index in [9.17, 15) is 15.0 Å². The zero-order valence-electron chi connectivity index (χ0n) is 10.9. The van der Waals surface area contributed by atoms with Gasteiger partial charge < -0.3 is 14.9 Å². The number of carbonyl (C=O) groups excluding carboxylic acids is 1. The van der Waals surface area contributed by atoms with Gasteiger partial charge in [-0.2, -0.15) is 0 Å². The smallest absolute Gasteiger partial charge is 0.193 e. The van der Waals surface area contributed by atoms with Crippen molar-refractivity contribution in [1.82, 2.24) is 0 Å². The Bertz CT molecular complexity index is 622. The SMILES string of the molecule is COc1cc(O)c(C(=O)/C=C/c2ccccc2)c(O)c1. The van der Waals surface area contributed by atoms with Crippen molar-refractivity contribution in [3.63, 3.8) is 0 Å². The van der Waals surface area contributed by atoms with Crippen molar-refractivity contribution in [1.29, 1.82) is 0 Å². The Morgan fingerprint density at radius 2 is 1.70 bits per heavy atom. The van der Waals surface area contributed by atoms with Crippen molar-refractivity contribution in [2.45, 2.75) is 0 Å². The minimum absolute atomic E-state index is 0.141. The summed E-state index contributed by atoms with van der Waals surface area (Å²) in [5, 5.41) is 19.6. The van der Waals surface area contributed by atoms with E-state index in [2.05, 4.69) is 0 Å². The van der Waals surface area contributed by atoms with Gasteiger partial charge in [0.1, 0.15) is 22.8 Å². The molecule has 0 aliphatic rings. The molecule has 0 aromatic heterocycles. The molecule has 4 heteroatoms. The lowest BCUT2D eigenvalue weighted by Crippen LogP contribution is -1.96. The number of hydrogen-bond acceptors (Lipinski definition) is 4. The Kier molecular flexibility index (Phi) is 4.05. The Labute approximate surface area is 116 Å². The standard InChI is InChI=1S/C16H14O4/c1-20-12-9-14(18)16(15(19)10-12)13(17)8-7-11-5-3-2-4-6-11/h2-10,18-19H,1H3/b8-7+. The summed E-state index contributed by atoms with van der Waals surface area (Å²) < 4.78 is 4.89. The van der Waals surface area contributed by atoms with Crippen LogP contribution in [0.4, 0.5) is 0 Å². The van der Waals surface area contributed by atoms with E-state index in [1.165, 1.54) is 25.3 Å². The summed E-state index contributed by atoms with van der Waals surface area (Å²) in [5.74, 6) is -0.829. The molecule has 0 aliphatic carbocycles. The summed E-state index contributed by atoms with van der Waals surface area (Å²) in [6.45, 7) is 0. The highest BCUT2D eigenvalue weighted by Gasteiger charge is 2.15. The third kappa shape index (κ3) is 2.98. The Balaban J connectivity index is 2.28. The van der Waals surface area contributed by atoms with Crippen LogP contribution in [0.15, 0.2) is 48.5 Å². The van der Waals surface area contributed by atoms with Crippen LogP contribution in [0.25, 0.3) is 6.08 Å². The van der Waals surface area contributed by atoms with Crippen molar-refractivity contribution < 1.29 is 19.7 Å². The van der Waals surface area contributed by atoms with Crippen molar-refractivity contribution in [3.05, 3.63) is 59.7 Å². The molecule has 0 amide bonds. The van der Waals surface area contributed by atoms with Crippen molar-refractivity contribution in [2.24, 2.45) is 0 Å². The highest BCUT2D eigenvalue weighted by atomic mass is 16.5. The van der Waals surface area contributed by atoms with Crippen LogP contribution in [-0.2, 0) is 0 Å². The Morgan fingerprint density at radius 1 is 1.10 bits per heavy atom. The maximum absolute atomic E-state index is 12.0. The van der Waals surface area contributed by atoms with Crippen molar-refractivity contribution in [2.75, 3.05) is 7.11 Å². The number of hydrogen-bond donors (Lipinski definition) is 2. The van der Waals surface area contributed by atoms with E-state index in [-0.39, 0.29) is 22.8 Å². The fraction of sp³-hybridized carbons (Fsp3) is 0.0625. The van der Waals surface area contributed by atoms with E-state index in [1.54, 1.807) is 6.08 Å². The van der Waals surface area contributed by atoms with Crippen LogP contribution in [0.2, 0.25) is 0 Å². The Hall–Kier alpha value is -2.75. The van der Waals surface area contributed by atoms with Crippen molar-refractivity contribution in [3.8, 4) is 17.2 Å². The van der Waals surface area contributed by atoms with Gasteiger partial charge in [0.05, 0.1) is 7.11 Å². The molecule has 2 aromatic carbocycles.